The molecule has 134 valence electrons. The van der Waals surface area contributed by atoms with Crippen LogP contribution in [0.5, 0.6) is 0 Å². The minimum atomic E-state index is -4.34. The number of thioether (sulfide) groups is 1. The first-order chi connectivity index (χ1) is 11.7. The second-order valence-electron chi connectivity index (χ2n) is 4.90. The van der Waals surface area contributed by atoms with Crippen molar-refractivity contribution in [1.29, 1.82) is 0 Å². The maximum Gasteiger partial charge on any atom is 0.446 e. The molecule has 2 amide bonds. The van der Waals surface area contributed by atoms with Crippen molar-refractivity contribution in [1.82, 2.24) is 5.32 Å². The zero-order valence-electron chi connectivity index (χ0n) is 12.7. The van der Waals surface area contributed by atoms with Crippen LogP contribution < -0.4 is 10.6 Å². The summed E-state index contributed by atoms with van der Waals surface area (Å²) in [5.74, 6) is 0. The normalized spacial score (nSPS) is 11.2. The quantitative estimate of drug-likeness (QED) is 0.598. The highest BCUT2D eigenvalue weighted by atomic mass is 35.5. The van der Waals surface area contributed by atoms with Crippen molar-refractivity contribution in [3.63, 3.8) is 0 Å². The van der Waals surface area contributed by atoms with E-state index in [-0.39, 0.29) is 16.7 Å². The molecule has 2 aromatic rings. The number of carbonyl (C=O) groups is 1. The van der Waals surface area contributed by atoms with Gasteiger partial charge in [0.15, 0.2) is 0 Å². The fourth-order valence-electron chi connectivity index (χ4n) is 1.99. The molecule has 0 aliphatic carbocycles. The van der Waals surface area contributed by atoms with E-state index in [1.807, 2.05) is 0 Å². The number of amides is 2. The molecule has 0 spiro atoms. The maximum atomic E-state index is 12.3. The van der Waals surface area contributed by atoms with Crippen LogP contribution in [0.3, 0.4) is 0 Å². The van der Waals surface area contributed by atoms with Crippen LogP contribution in [0, 0.1) is 0 Å². The molecule has 0 saturated carbocycles. The number of urea groups is 1. The van der Waals surface area contributed by atoms with E-state index in [1.165, 1.54) is 24.3 Å². The average molecular weight is 409 g/mol. The Kier molecular flexibility index (Phi) is 6.87. The summed E-state index contributed by atoms with van der Waals surface area (Å²) in [6.45, 7) is 0.303. The van der Waals surface area contributed by atoms with E-state index in [2.05, 4.69) is 10.6 Å². The number of alkyl halides is 3. The van der Waals surface area contributed by atoms with Crippen molar-refractivity contribution < 1.29 is 18.0 Å². The predicted molar refractivity (Wildman–Crippen MR) is 95.5 cm³/mol. The average Bonchev–Trinajstić information content (AvgIpc) is 2.51. The van der Waals surface area contributed by atoms with E-state index in [1.54, 1.807) is 18.2 Å². The number of benzene rings is 2. The SMILES string of the molecule is O=C(NCCc1c(Cl)cccc1Cl)Nc1ccc(SC(F)(F)F)cc1. The first-order valence-electron chi connectivity index (χ1n) is 7.08. The first kappa shape index (κ1) is 19.8. The third kappa shape index (κ3) is 6.68. The van der Waals surface area contributed by atoms with Gasteiger partial charge in [-0.05, 0) is 60.1 Å². The Hall–Kier alpha value is -1.57. The molecule has 2 aromatic carbocycles. The Morgan fingerprint density at radius 2 is 1.64 bits per heavy atom. The standard InChI is InChI=1S/C16H13Cl2F3N2OS/c17-13-2-1-3-14(18)12(13)8-9-22-15(24)23-10-4-6-11(7-5-10)25-16(19,20)21/h1-7H,8-9H2,(H2,22,23,24). The van der Waals surface area contributed by atoms with Crippen LogP contribution in [0.4, 0.5) is 23.7 Å². The monoisotopic (exact) mass is 408 g/mol. The zero-order valence-corrected chi connectivity index (χ0v) is 15.0. The van der Waals surface area contributed by atoms with Crippen LogP contribution in [0.2, 0.25) is 10.0 Å². The van der Waals surface area contributed by atoms with Gasteiger partial charge in [-0.25, -0.2) is 4.79 Å². The summed E-state index contributed by atoms with van der Waals surface area (Å²) in [5, 5.41) is 6.22. The first-order valence-corrected chi connectivity index (χ1v) is 8.65. The van der Waals surface area contributed by atoms with Gasteiger partial charge in [0, 0.05) is 27.2 Å². The highest BCUT2D eigenvalue weighted by Gasteiger charge is 2.29. The smallest absolute Gasteiger partial charge is 0.338 e. The Morgan fingerprint density at radius 1 is 1.04 bits per heavy atom. The summed E-state index contributed by atoms with van der Waals surface area (Å²) < 4.78 is 36.8. The molecule has 0 heterocycles. The van der Waals surface area contributed by atoms with E-state index in [4.69, 9.17) is 23.2 Å². The number of rotatable bonds is 5. The molecule has 2 rings (SSSR count). The third-order valence-electron chi connectivity index (χ3n) is 3.07. The van der Waals surface area contributed by atoms with E-state index in [9.17, 15) is 18.0 Å². The highest BCUT2D eigenvalue weighted by Crippen LogP contribution is 2.37. The number of hydrogen-bond acceptors (Lipinski definition) is 2. The summed E-state index contributed by atoms with van der Waals surface area (Å²) in [6, 6.07) is 10.1. The fourth-order valence-corrected chi connectivity index (χ4v) is 3.11. The van der Waals surface area contributed by atoms with E-state index >= 15 is 0 Å². The van der Waals surface area contributed by atoms with Crippen molar-refractivity contribution in [3.8, 4) is 0 Å². The lowest BCUT2D eigenvalue weighted by molar-refractivity contribution is -0.0328. The molecule has 0 aromatic heterocycles. The molecular weight excluding hydrogens is 396 g/mol. The van der Waals surface area contributed by atoms with Crippen molar-refractivity contribution in [2.45, 2.75) is 16.8 Å². The molecule has 3 nitrogen and oxygen atoms in total. The van der Waals surface area contributed by atoms with Crippen molar-refractivity contribution in [3.05, 3.63) is 58.1 Å². The molecule has 0 fully saturated rings. The van der Waals surface area contributed by atoms with Crippen LogP contribution in [0.25, 0.3) is 0 Å². The maximum absolute atomic E-state index is 12.3. The predicted octanol–water partition coefficient (Wildman–Crippen LogP) is 5.97. The lowest BCUT2D eigenvalue weighted by Crippen LogP contribution is -2.30. The van der Waals surface area contributed by atoms with Crippen LogP contribution in [-0.4, -0.2) is 18.1 Å². The Balaban J connectivity index is 1.82. The van der Waals surface area contributed by atoms with Crippen molar-refractivity contribution >= 4 is 46.7 Å². The molecule has 0 bridgehead atoms. The largest absolute Gasteiger partial charge is 0.446 e. The second kappa shape index (κ2) is 8.69. The third-order valence-corrected chi connectivity index (χ3v) is 4.52. The van der Waals surface area contributed by atoms with Crippen LogP contribution in [-0.2, 0) is 6.42 Å². The van der Waals surface area contributed by atoms with E-state index in [0.717, 1.165) is 5.56 Å². The number of anilines is 1. The zero-order chi connectivity index (χ0) is 18.4. The molecule has 0 atom stereocenters. The lowest BCUT2D eigenvalue weighted by atomic mass is 10.1. The van der Waals surface area contributed by atoms with Gasteiger partial charge >= 0.3 is 11.5 Å². The van der Waals surface area contributed by atoms with Gasteiger partial charge in [-0.1, -0.05) is 29.3 Å². The number of nitrogens with one attached hydrogen (secondary N) is 2. The Labute approximate surface area is 156 Å². The number of carbonyl (C=O) groups excluding carboxylic acids is 1. The number of halogens is 5. The molecule has 0 radical (unpaired) electrons. The molecular formula is C16H13Cl2F3N2OS. The molecule has 9 heteroatoms. The van der Waals surface area contributed by atoms with E-state index < -0.39 is 11.5 Å². The van der Waals surface area contributed by atoms with Crippen LogP contribution in [0.1, 0.15) is 5.56 Å². The second-order valence-corrected chi connectivity index (χ2v) is 6.86. The van der Waals surface area contributed by atoms with Crippen LogP contribution >= 0.6 is 35.0 Å². The van der Waals surface area contributed by atoms with Crippen molar-refractivity contribution in [2.75, 3.05) is 11.9 Å². The van der Waals surface area contributed by atoms with Gasteiger partial charge in [-0.2, -0.15) is 13.2 Å². The summed E-state index contributed by atoms with van der Waals surface area (Å²) in [7, 11) is 0. The van der Waals surface area contributed by atoms with Crippen molar-refractivity contribution in [2.24, 2.45) is 0 Å². The molecule has 0 aliphatic heterocycles. The highest BCUT2D eigenvalue weighted by molar-refractivity contribution is 8.00. The Bertz CT molecular complexity index is 719. The number of hydrogen-bond donors (Lipinski definition) is 2. The van der Waals surface area contributed by atoms with Gasteiger partial charge in [0.05, 0.1) is 0 Å². The van der Waals surface area contributed by atoms with Crippen LogP contribution in [0.15, 0.2) is 47.4 Å². The summed E-state index contributed by atoms with van der Waals surface area (Å²) in [6.07, 6.45) is 0.451. The van der Waals surface area contributed by atoms with Gasteiger partial charge in [0.25, 0.3) is 0 Å². The molecule has 0 aliphatic rings. The van der Waals surface area contributed by atoms with Gasteiger partial charge in [0.1, 0.15) is 0 Å². The topological polar surface area (TPSA) is 41.1 Å². The van der Waals surface area contributed by atoms with E-state index in [0.29, 0.717) is 28.7 Å². The van der Waals surface area contributed by atoms with Gasteiger partial charge < -0.3 is 10.6 Å². The molecule has 2 N–H and O–H groups in total. The molecule has 0 unspecified atom stereocenters. The summed E-state index contributed by atoms with van der Waals surface area (Å²) in [4.78, 5) is 11.9. The lowest BCUT2D eigenvalue weighted by Gasteiger charge is -2.10. The molecule has 0 saturated heterocycles. The minimum absolute atomic E-state index is 0.0480. The van der Waals surface area contributed by atoms with Gasteiger partial charge in [0.2, 0.25) is 0 Å². The summed E-state index contributed by atoms with van der Waals surface area (Å²) in [5.41, 5.74) is -3.22. The Morgan fingerprint density at radius 3 is 2.20 bits per heavy atom. The molecule has 25 heavy (non-hydrogen) atoms. The summed E-state index contributed by atoms with van der Waals surface area (Å²) >= 11 is 11.9. The van der Waals surface area contributed by atoms with Gasteiger partial charge in [-0.15, -0.1) is 0 Å². The van der Waals surface area contributed by atoms with Gasteiger partial charge in [-0.3, -0.25) is 0 Å². The fraction of sp³-hybridized carbons (Fsp3) is 0.188. The minimum Gasteiger partial charge on any atom is -0.338 e.